The van der Waals surface area contributed by atoms with E-state index in [-0.39, 0.29) is 0 Å². The van der Waals surface area contributed by atoms with Crippen LogP contribution in [0.25, 0.3) is 0 Å². The molecule has 0 fully saturated rings. The summed E-state index contributed by atoms with van der Waals surface area (Å²) in [7, 11) is 0. The van der Waals surface area contributed by atoms with Crippen LogP contribution in [0, 0.1) is 6.92 Å². The zero-order chi connectivity index (χ0) is 13.8. The van der Waals surface area contributed by atoms with Crippen LogP contribution in [-0.2, 0) is 6.54 Å². The number of nitrogens with zero attached hydrogens (tertiary/aromatic N) is 3. The van der Waals surface area contributed by atoms with E-state index in [0.29, 0.717) is 12.6 Å². The average molecular weight is 256 g/mol. The number of aryl methyl sites for hydroxylation is 1. The lowest BCUT2D eigenvalue weighted by Gasteiger charge is -2.27. The highest BCUT2D eigenvalue weighted by Gasteiger charge is 2.14. The summed E-state index contributed by atoms with van der Waals surface area (Å²) in [6, 6.07) is 8.21. The lowest BCUT2D eigenvalue weighted by atomic mass is 10.1. The van der Waals surface area contributed by atoms with Crippen molar-refractivity contribution in [2.24, 2.45) is 0 Å². The van der Waals surface area contributed by atoms with Gasteiger partial charge in [0, 0.05) is 30.7 Å². The number of benzene rings is 1. The van der Waals surface area contributed by atoms with Gasteiger partial charge in [0.1, 0.15) is 0 Å². The van der Waals surface area contributed by atoms with Crippen molar-refractivity contribution in [3.63, 3.8) is 0 Å². The van der Waals surface area contributed by atoms with E-state index in [4.69, 9.17) is 5.73 Å². The summed E-state index contributed by atoms with van der Waals surface area (Å²) in [4.78, 5) is 10.9. The highest BCUT2D eigenvalue weighted by atomic mass is 15.3. The average Bonchev–Trinajstić information content (AvgIpc) is 2.39. The van der Waals surface area contributed by atoms with Crippen LogP contribution in [0.3, 0.4) is 0 Å². The molecule has 1 aromatic heterocycles. The SMILES string of the molecule is Cc1cnc(N(Cc2ccccc2N)C(C)C)nc1. The molecule has 4 nitrogen and oxygen atoms in total. The molecule has 2 aromatic rings. The van der Waals surface area contributed by atoms with Gasteiger partial charge in [-0.25, -0.2) is 9.97 Å². The van der Waals surface area contributed by atoms with Crippen LogP contribution >= 0.6 is 0 Å². The summed E-state index contributed by atoms with van der Waals surface area (Å²) < 4.78 is 0. The van der Waals surface area contributed by atoms with Gasteiger partial charge in [0.15, 0.2) is 0 Å². The Morgan fingerprint density at radius 2 is 1.79 bits per heavy atom. The molecule has 0 radical (unpaired) electrons. The number of nitrogens with two attached hydrogens (primary N) is 1. The summed E-state index contributed by atoms with van der Waals surface area (Å²) >= 11 is 0. The summed E-state index contributed by atoms with van der Waals surface area (Å²) in [6.45, 7) is 6.96. The van der Waals surface area contributed by atoms with E-state index in [0.717, 1.165) is 22.8 Å². The molecule has 0 aliphatic carbocycles. The molecular weight excluding hydrogens is 236 g/mol. The molecule has 1 heterocycles. The van der Waals surface area contributed by atoms with Gasteiger partial charge in [-0.2, -0.15) is 0 Å². The maximum atomic E-state index is 6.00. The van der Waals surface area contributed by atoms with Crippen LogP contribution in [0.1, 0.15) is 25.0 Å². The van der Waals surface area contributed by atoms with Crippen molar-refractivity contribution in [1.29, 1.82) is 0 Å². The second-order valence-corrected chi connectivity index (χ2v) is 4.98. The Morgan fingerprint density at radius 1 is 1.16 bits per heavy atom. The van der Waals surface area contributed by atoms with Crippen LogP contribution in [-0.4, -0.2) is 16.0 Å². The molecule has 0 saturated heterocycles. The first-order chi connectivity index (χ1) is 9.08. The second kappa shape index (κ2) is 5.69. The highest BCUT2D eigenvalue weighted by Crippen LogP contribution is 2.19. The predicted molar refractivity (Wildman–Crippen MR) is 78.9 cm³/mol. The molecule has 0 spiro atoms. The minimum absolute atomic E-state index is 0.308. The van der Waals surface area contributed by atoms with Crippen molar-refractivity contribution < 1.29 is 0 Å². The van der Waals surface area contributed by atoms with Gasteiger partial charge in [0.2, 0.25) is 5.95 Å². The normalized spacial score (nSPS) is 10.7. The first-order valence-electron chi connectivity index (χ1n) is 6.46. The Morgan fingerprint density at radius 3 is 2.37 bits per heavy atom. The molecule has 4 heteroatoms. The van der Waals surface area contributed by atoms with E-state index in [9.17, 15) is 0 Å². The molecule has 19 heavy (non-hydrogen) atoms. The standard InChI is InChI=1S/C15H20N4/c1-11(2)19(15-17-8-12(3)9-18-15)10-13-6-4-5-7-14(13)16/h4-9,11H,10,16H2,1-3H3. The Balaban J connectivity index is 2.26. The Bertz CT molecular complexity index is 534. The molecule has 0 atom stereocenters. The van der Waals surface area contributed by atoms with E-state index in [2.05, 4.69) is 28.7 Å². The number of aromatic nitrogens is 2. The summed E-state index contributed by atoms with van der Waals surface area (Å²) in [5, 5.41) is 0. The molecule has 0 unspecified atom stereocenters. The Hall–Kier alpha value is -2.10. The van der Waals surface area contributed by atoms with E-state index in [1.807, 2.05) is 43.6 Å². The highest BCUT2D eigenvalue weighted by molar-refractivity contribution is 5.48. The number of hydrogen-bond acceptors (Lipinski definition) is 4. The summed E-state index contributed by atoms with van der Waals surface area (Å²) in [5.74, 6) is 0.740. The minimum atomic E-state index is 0.308. The van der Waals surface area contributed by atoms with Crippen LogP contribution in [0.4, 0.5) is 11.6 Å². The molecular formula is C15H20N4. The van der Waals surface area contributed by atoms with Crippen LogP contribution < -0.4 is 10.6 Å². The molecule has 0 aliphatic rings. The smallest absolute Gasteiger partial charge is 0.225 e. The van der Waals surface area contributed by atoms with Gasteiger partial charge in [0.05, 0.1) is 0 Å². The molecule has 0 saturated carbocycles. The number of para-hydroxylation sites is 1. The van der Waals surface area contributed by atoms with Gasteiger partial charge in [-0.3, -0.25) is 0 Å². The first kappa shape index (κ1) is 13.3. The van der Waals surface area contributed by atoms with E-state index >= 15 is 0 Å². The van der Waals surface area contributed by atoms with Crippen molar-refractivity contribution in [2.75, 3.05) is 10.6 Å². The van der Waals surface area contributed by atoms with Crippen molar-refractivity contribution in [2.45, 2.75) is 33.4 Å². The predicted octanol–water partition coefficient (Wildman–Crippen LogP) is 2.78. The third-order valence-corrected chi connectivity index (χ3v) is 3.04. The quantitative estimate of drug-likeness (QED) is 0.855. The number of anilines is 2. The molecule has 2 N–H and O–H groups in total. The van der Waals surface area contributed by atoms with Crippen LogP contribution in [0.2, 0.25) is 0 Å². The number of hydrogen-bond donors (Lipinski definition) is 1. The lowest BCUT2D eigenvalue weighted by Crippen LogP contribution is -2.32. The van der Waals surface area contributed by atoms with E-state index < -0.39 is 0 Å². The van der Waals surface area contributed by atoms with Gasteiger partial charge in [-0.15, -0.1) is 0 Å². The third kappa shape index (κ3) is 3.22. The maximum Gasteiger partial charge on any atom is 0.225 e. The van der Waals surface area contributed by atoms with Gasteiger partial charge in [-0.1, -0.05) is 18.2 Å². The fourth-order valence-corrected chi connectivity index (χ4v) is 1.88. The zero-order valence-electron chi connectivity index (χ0n) is 11.7. The molecule has 1 aromatic carbocycles. The largest absolute Gasteiger partial charge is 0.398 e. The van der Waals surface area contributed by atoms with Gasteiger partial charge >= 0.3 is 0 Å². The lowest BCUT2D eigenvalue weighted by molar-refractivity contribution is 0.660. The van der Waals surface area contributed by atoms with Gasteiger partial charge in [-0.05, 0) is 38.0 Å². The molecule has 100 valence electrons. The maximum absolute atomic E-state index is 6.00. The van der Waals surface area contributed by atoms with Crippen molar-refractivity contribution in [3.8, 4) is 0 Å². The first-order valence-corrected chi connectivity index (χ1v) is 6.46. The van der Waals surface area contributed by atoms with E-state index in [1.54, 1.807) is 0 Å². The fraction of sp³-hybridized carbons (Fsp3) is 0.333. The summed E-state index contributed by atoms with van der Waals surface area (Å²) in [5.41, 5.74) is 8.97. The summed E-state index contributed by atoms with van der Waals surface area (Å²) in [6.07, 6.45) is 3.68. The van der Waals surface area contributed by atoms with Crippen molar-refractivity contribution in [1.82, 2.24) is 9.97 Å². The van der Waals surface area contributed by atoms with Crippen LogP contribution in [0.15, 0.2) is 36.7 Å². The van der Waals surface area contributed by atoms with Crippen molar-refractivity contribution in [3.05, 3.63) is 47.8 Å². The third-order valence-electron chi connectivity index (χ3n) is 3.04. The Kier molecular flexibility index (Phi) is 4.00. The second-order valence-electron chi connectivity index (χ2n) is 4.98. The van der Waals surface area contributed by atoms with Gasteiger partial charge < -0.3 is 10.6 Å². The molecule has 2 rings (SSSR count). The Labute approximate surface area is 114 Å². The molecule has 0 bridgehead atoms. The van der Waals surface area contributed by atoms with Gasteiger partial charge in [0.25, 0.3) is 0 Å². The fourth-order valence-electron chi connectivity index (χ4n) is 1.88. The van der Waals surface area contributed by atoms with E-state index in [1.165, 1.54) is 0 Å². The molecule has 0 aliphatic heterocycles. The van der Waals surface area contributed by atoms with Crippen molar-refractivity contribution >= 4 is 11.6 Å². The van der Waals surface area contributed by atoms with Crippen LogP contribution in [0.5, 0.6) is 0 Å². The number of rotatable bonds is 4. The number of nitrogen functional groups attached to an aromatic ring is 1. The monoisotopic (exact) mass is 256 g/mol. The molecule has 0 amide bonds. The zero-order valence-corrected chi connectivity index (χ0v) is 11.7. The topological polar surface area (TPSA) is 55.0 Å². The minimum Gasteiger partial charge on any atom is -0.398 e.